The van der Waals surface area contributed by atoms with Crippen molar-refractivity contribution in [3.63, 3.8) is 0 Å². The second kappa shape index (κ2) is 6.39. The molecule has 0 saturated heterocycles. The van der Waals surface area contributed by atoms with Crippen LogP contribution in [0.1, 0.15) is 27.2 Å². The predicted molar refractivity (Wildman–Crippen MR) is 60.1 cm³/mol. The van der Waals surface area contributed by atoms with E-state index in [0.717, 1.165) is 12.5 Å². The van der Waals surface area contributed by atoms with Gasteiger partial charge in [-0.05, 0) is 34.0 Å². The number of rotatable bonds is 6. The van der Waals surface area contributed by atoms with E-state index in [9.17, 15) is 0 Å². The molecule has 0 bridgehead atoms. The average Bonchev–Trinajstić information content (AvgIpc) is 2.11. The summed E-state index contributed by atoms with van der Waals surface area (Å²) in [6.45, 7) is 9.23. The van der Waals surface area contributed by atoms with Crippen LogP contribution in [0.5, 0.6) is 0 Å². The normalized spacial score (nSPS) is 16.6. The number of hydrogen-bond donors (Lipinski definition) is 0. The van der Waals surface area contributed by atoms with Gasteiger partial charge < -0.3 is 9.80 Å². The van der Waals surface area contributed by atoms with Crippen molar-refractivity contribution in [2.45, 2.75) is 33.2 Å². The summed E-state index contributed by atoms with van der Waals surface area (Å²) in [6.07, 6.45) is 1.27. The molecular formula is C11H26N2. The molecule has 0 rings (SSSR count). The number of likely N-dealkylation sites (N-methyl/N-ethyl adjacent to an activating group) is 2. The molecule has 0 aromatic rings. The second-order valence-corrected chi connectivity index (χ2v) is 4.41. The van der Waals surface area contributed by atoms with Crippen molar-refractivity contribution < 1.29 is 0 Å². The van der Waals surface area contributed by atoms with E-state index in [1.54, 1.807) is 0 Å². The molecule has 0 aliphatic heterocycles. The zero-order valence-corrected chi connectivity index (χ0v) is 10.2. The van der Waals surface area contributed by atoms with Crippen LogP contribution in [0.2, 0.25) is 0 Å². The van der Waals surface area contributed by atoms with Gasteiger partial charge in [-0.2, -0.15) is 0 Å². The fourth-order valence-corrected chi connectivity index (χ4v) is 1.34. The average molecular weight is 186 g/mol. The molecule has 0 heterocycles. The molecule has 2 heteroatoms. The molecule has 0 fully saturated rings. The zero-order chi connectivity index (χ0) is 10.4. The van der Waals surface area contributed by atoms with Gasteiger partial charge in [0.25, 0.3) is 0 Å². The van der Waals surface area contributed by atoms with E-state index in [0.29, 0.717) is 6.04 Å². The highest BCUT2D eigenvalue weighted by Gasteiger charge is 2.14. The Kier molecular flexibility index (Phi) is 6.35. The highest BCUT2D eigenvalue weighted by Crippen LogP contribution is 2.11. The minimum atomic E-state index is 0.699. The van der Waals surface area contributed by atoms with E-state index in [4.69, 9.17) is 0 Å². The molecule has 0 aliphatic rings. The SMILES string of the molecule is CCC(C)C(C)N(C)CCN(C)C. The molecule has 0 aromatic heterocycles. The first-order valence-corrected chi connectivity index (χ1v) is 5.34. The number of hydrogen-bond acceptors (Lipinski definition) is 2. The van der Waals surface area contributed by atoms with E-state index >= 15 is 0 Å². The van der Waals surface area contributed by atoms with Crippen molar-refractivity contribution in [1.82, 2.24) is 9.80 Å². The topological polar surface area (TPSA) is 6.48 Å². The van der Waals surface area contributed by atoms with Crippen LogP contribution in [0.25, 0.3) is 0 Å². The molecule has 2 nitrogen and oxygen atoms in total. The minimum Gasteiger partial charge on any atom is -0.308 e. The van der Waals surface area contributed by atoms with Crippen molar-refractivity contribution in [2.24, 2.45) is 5.92 Å². The number of nitrogens with zero attached hydrogens (tertiary/aromatic N) is 2. The van der Waals surface area contributed by atoms with Crippen LogP contribution in [-0.2, 0) is 0 Å². The van der Waals surface area contributed by atoms with Crippen LogP contribution >= 0.6 is 0 Å². The molecule has 2 atom stereocenters. The lowest BCUT2D eigenvalue weighted by Crippen LogP contribution is -2.38. The monoisotopic (exact) mass is 186 g/mol. The van der Waals surface area contributed by atoms with Gasteiger partial charge in [0, 0.05) is 19.1 Å². The summed E-state index contributed by atoms with van der Waals surface area (Å²) in [7, 11) is 6.48. The molecule has 0 aliphatic carbocycles. The van der Waals surface area contributed by atoms with Gasteiger partial charge in [0.05, 0.1) is 0 Å². The first kappa shape index (κ1) is 12.9. The highest BCUT2D eigenvalue weighted by molar-refractivity contribution is 4.69. The van der Waals surface area contributed by atoms with E-state index in [1.165, 1.54) is 13.0 Å². The van der Waals surface area contributed by atoms with Crippen LogP contribution in [0.3, 0.4) is 0 Å². The van der Waals surface area contributed by atoms with Gasteiger partial charge in [0.15, 0.2) is 0 Å². The Labute approximate surface area is 83.9 Å². The predicted octanol–water partition coefficient (Wildman–Crippen LogP) is 1.91. The lowest BCUT2D eigenvalue weighted by atomic mass is 10.00. The lowest BCUT2D eigenvalue weighted by molar-refractivity contribution is 0.180. The maximum Gasteiger partial charge on any atom is 0.0109 e. The second-order valence-electron chi connectivity index (χ2n) is 4.41. The quantitative estimate of drug-likeness (QED) is 0.625. The maximum absolute atomic E-state index is 2.45. The molecule has 0 amide bonds. The van der Waals surface area contributed by atoms with Crippen LogP contribution in [-0.4, -0.2) is 50.1 Å². The first-order chi connectivity index (χ1) is 5.99. The Balaban J connectivity index is 3.74. The Morgan fingerprint density at radius 2 is 1.54 bits per heavy atom. The Hall–Kier alpha value is -0.0800. The van der Waals surface area contributed by atoms with Crippen LogP contribution in [0.4, 0.5) is 0 Å². The molecule has 0 spiro atoms. The molecule has 13 heavy (non-hydrogen) atoms. The van der Waals surface area contributed by atoms with Gasteiger partial charge >= 0.3 is 0 Å². The fraction of sp³-hybridized carbons (Fsp3) is 1.00. The van der Waals surface area contributed by atoms with Crippen molar-refractivity contribution in [3.8, 4) is 0 Å². The van der Waals surface area contributed by atoms with Gasteiger partial charge in [-0.15, -0.1) is 0 Å². The Morgan fingerprint density at radius 1 is 1.00 bits per heavy atom. The Bertz CT molecular complexity index is 123. The minimum absolute atomic E-state index is 0.699. The third-order valence-corrected chi connectivity index (χ3v) is 3.06. The summed E-state index contributed by atoms with van der Waals surface area (Å²) in [4.78, 5) is 4.69. The van der Waals surface area contributed by atoms with Gasteiger partial charge in [-0.25, -0.2) is 0 Å². The van der Waals surface area contributed by atoms with E-state index in [2.05, 4.69) is 51.7 Å². The highest BCUT2D eigenvalue weighted by atomic mass is 15.2. The third kappa shape index (κ3) is 5.27. The van der Waals surface area contributed by atoms with E-state index < -0.39 is 0 Å². The maximum atomic E-state index is 2.45. The van der Waals surface area contributed by atoms with Crippen LogP contribution in [0.15, 0.2) is 0 Å². The largest absolute Gasteiger partial charge is 0.308 e. The molecule has 0 saturated carbocycles. The van der Waals surface area contributed by atoms with Gasteiger partial charge in [0.2, 0.25) is 0 Å². The molecule has 2 unspecified atom stereocenters. The molecule has 0 radical (unpaired) electrons. The molecule has 0 N–H and O–H groups in total. The van der Waals surface area contributed by atoms with Crippen LogP contribution < -0.4 is 0 Å². The summed E-state index contributed by atoms with van der Waals surface area (Å²) in [5, 5.41) is 0. The van der Waals surface area contributed by atoms with E-state index in [1.807, 2.05) is 0 Å². The van der Waals surface area contributed by atoms with Crippen molar-refractivity contribution in [3.05, 3.63) is 0 Å². The van der Waals surface area contributed by atoms with Crippen molar-refractivity contribution in [2.75, 3.05) is 34.2 Å². The standard InChI is InChI=1S/C11H26N2/c1-7-10(2)11(3)13(6)9-8-12(4)5/h10-11H,7-9H2,1-6H3. The first-order valence-electron chi connectivity index (χ1n) is 5.34. The summed E-state index contributed by atoms with van der Waals surface area (Å²) >= 11 is 0. The van der Waals surface area contributed by atoms with Gasteiger partial charge in [-0.3, -0.25) is 0 Å². The van der Waals surface area contributed by atoms with Crippen LogP contribution in [0, 0.1) is 5.92 Å². The summed E-state index contributed by atoms with van der Waals surface area (Å²) in [5.41, 5.74) is 0. The third-order valence-electron chi connectivity index (χ3n) is 3.06. The molecular weight excluding hydrogens is 160 g/mol. The summed E-state index contributed by atoms with van der Waals surface area (Å²) in [5.74, 6) is 0.798. The lowest BCUT2D eigenvalue weighted by Gasteiger charge is -2.30. The van der Waals surface area contributed by atoms with Gasteiger partial charge in [0.1, 0.15) is 0 Å². The van der Waals surface area contributed by atoms with Crippen molar-refractivity contribution in [1.29, 1.82) is 0 Å². The molecule has 0 aromatic carbocycles. The Morgan fingerprint density at radius 3 is 1.92 bits per heavy atom. The molecule has 80 valence electrons. The van der Waals surface area contributed by atoms with E-state index in [-0.39, 0.29) is 0 Å². The smallest absolute Gasteiger partial charge is 0.0109 e. The summed E-state index contributed by atoms with van der Waals surface area (Å²) < 4.78 is 0. The van der Waals surface area contributed by atoms with Gasteiger partial charge in [-0.1, -0.05) is 20.3 Å². The fourth-order valence-electron chi connectivity index (χ4n) is 1.34. The zero-order valence-electron chi connectivity index (χ0n) is 10.2. The van der Waals surface area contributed by atoms with Crippen molar-refractivity contribution >= 4 is 0 Å². The summed E-state index contributed by atoms with van der Waals surface area (Å²) in [6, 6.07) is 0.699.